The summed E-state index contributed by atoms with van der Waals surface area (Å²) >= 11 is 0. The lowest BCUT2D eigenvalue weighted by atomic mass is 10.1. The van der Waals surface area contributed by atoms with Gasteiger partial charge in [-0.3, -0.25) is 0 Å². The monoisotopic (exact) mass is 335 g/mol. The number of hydrogen-bond donors (Lipinski definition) is 2. The largest absolute Gasteiger partial charge is 0.508 e. The van der Waals surface area contributed by atoms with Gasteiger partial charge >= 0.3 is 0 Å². The van der Waals surface area contributed by atoms with Crippen molar-refractivity contribution in [3.05, 3.63) is 53.6 Å². The molecule has 0 atom stereocenters. The predicted octanol–water partition coefficient (Wildman–Crippen LogP) is 2.62. The molecule has 0 radical (unpaired) electrons. The summed E-state index contributed by atoms with van der Waals surface area (Å²) in [5.41, 5.74) is 1.82. The molecule has 6 heteroatoms. The van der Waals surface area contributed by atoms with Gasteiger partial charge in [0.15, 0.2) is 0 Å². The summed E-state index contributed by atoms with van der Waals surface area (Å²) in [6, 6.07) is 12.0. The second-order valence-corrected chi connectivity index (χ2v) is 7.06. The Bertz CT molecular complexity index is 772. The third kappa shape index (κ3) is 4.71. The Morgan fingerprint density at radius 1 is 1.17 bits per heavy atom. The van der Waals surface area contributed by atoms with Crippen LogP contribution in [0.5, 0.6) is 11.5 Å². The Kier molecular flexibility index (Phi) is 5.63. The van der Waals surface area contributed by atoms with E-state index in [2.05, 4.69) is 4.72 Å². The highest BCUT2D eigenvalue weighted by molar-refractivity contribution is 7.89. The number of aryl methyl sites for hydroxylation is 2. The number of aromatic hydroxyl groups is 1. The lowest BCUT2D eigenvalue weighted by molar-refractivity contribution is 0.402. The maximum atomic E-state index is 12.4. The quantitative estimate of drug-likeness (QED) is 0.763. The Morgan fingerprint density at radius 3 is 2.65 bits per heavy atom. The molecular weight excluding hydrogens is 314 g/mol. The topological polar surface area (TPSA) is 75.6 Å². The molecule has 2 N–H and O–H groups in total. The molecule has 0 fully saturated rings. The number of phenolic OH excluding ortho intramolecular Hbond substituents is 1. The van der Waals surface area contributed by atoms with Crippen LogP contribution < -0.4 is 9.46 Å². The molecule has 2 aromatic carbocycles. The lowest BCUT2D eigenvalue weighted by Gasteiger charge is -2.11. The van der Waals surface area contributed by atoms with Crippen LogP contribution in [-0.2, 0) is 16.4 Å². The maximum Gasteiger partial charge on any atom is 0.244 e. The number of ether oxygens (including phenoxy) is 1. The van der Waals surface area contributed by atoms with Gasteiger partial charge < -0.3 is 9.84 Å². The van der Waals surface area contributed by atoms with Crippen molar-refractivity contribution in [2.24, 2.45) is 0 Å². The average Bonchev–Trinajstić information content (AvgIpc) is 2.52. The van der Waals surface area contributed by atoms with Gasteiger partial charge in [-0.05, 0) is 55.2 Å². The molecule has 0 saturated heterocycles. The molecule has 0 bridgehead atoms. The summed E-state index contributed by atoms with van der Waals surface area (Å²) in [5.74, 6) is 0.545. The van der Waals surface area contributed by atoms with Crippen LogP contribution in [0.25, 0.3) is 0 Å². The highest BCUT2D eigenvalue weighted by Crippen LogP contribution is 2.24. The van der Waals surface area contributed by atoms with Gasteiger partial charge in [0.25, 0.3) is 0 Å². The van der Waals surface area contributed by atoms with Crippen molar-refractivity contribution in [1.82, 2.24) is 4.72 Å². The lowest BCUT2D eigenvalue weighted by Crippen LogP contribution is -2.25. The molecule has 0 aromatic heterocycles. The second kappa shape index (κ2) is 7.48. The standard InChI is InChI=1S/C17H21NO4S/c1-13-8-9-16(22-2)17(11-13)23(20,21)18-10-4-6-14-5-3-7-15(19)12-14/h3,5,7-9,11-12,18-19H,4,6,10H2,1-2H3. The molecule has 0 spiro atoms. The molecule has 0 heterocycles. The van der Waals surface area contributed by atoms with E-state index in [-0.39, 0.29) is 10.6 Å². The van der Waals surface area contributed by atoms with Gasteiger partial charge in [0.1, 0.15) is 16.4 Å². The fourth-order valence-electron chi connectivity index (χ4n) is 2.28. The summed E-state index contributed by atoms with van der Waals surface area (Å²) in [5, 5.41) is 9.41. The zero-order chi connectivity index (χ0) is 16.9. The number of methoxy groups -OCH3 is 1. The van der Waals surface area contributed by atoms with E-state index in [0.29, 0.717) is 25.1 Å². The van der Waals surface area contributed by atoms with Gasteiger partial charge in [0.05, 0.1) is 7.11 Å². The van der Waals surface area contributed by atoms with Crippen molar-refractivity contribution in [2.45, 2.75) is 24.7 Å². The first-order chi connectivity index (χ1) is 10.9. The van der Waals surface area contributed by atoms with E-state index in [1.165, 1.54) is 7.11 Å². The first kappa shape index (κ1) is 17.3. The summed E-state index contributed by atoms with van der Waals surface area (Å²) < 4.78 is 32.5. The molecule has 0 aliphatic heterocycles. The molecule has 0 saturated carbocycles. The molecule has 23 heavy (non-hydrogen) atoms. The molecule has 0 aliphatic carbocycles. The van der Waals surface area contributed by atoms with Crippen LogP contribution in [-0.4, -0.2) is 27.2 Å². The van der Waals surface area contributed by atoms with Crippen molar-refractivity contribution in [1.29, 1.82) is 0 Å². The number of rotatable bonds is 7. The van der Waals surface area contributed by atoms with Gasteiger partial charge in [-0.15, -0.1) is 0 Å². The molecule has 2 aromatic rings. The first-order valence-electron chi connectivity index (χ1n) is 7.34. The number of benzene rings is 2. The van der Waals surface area contributed by atoms with Crippen molar-refractivity contribution >= 4 is 10.0 Å². The van der Waals surface area contributed by atoms with Gasteiger partial charge in [-0.1, -0.05) is 18.2 Å². The number of sulfonamides is 1. The average molecular weight is 335 g/mol. The van der Waals surface area contributed by atoms with Crippen molar-refractivity contribution in [3.8, 4) is 11.5 Å². The third-order valence-electron chi connectivity index (χ3n) is 3.45. The maximum absolute atomic E-state index is 12.4. The van der Waals surface area contributed by atoms with E-state index < -0.39 is 10.0 Å². The van der Waals surface area contributed by atoms with Gasteiger partial charge in [0.2, 0.25) is 10.0 Å². The highest BCUT2D eigenvalue weighted by Gasteiger charge is 2.18. The summed E-state index contributed by atoms with van der Waals surface area (Å²) in [4.78, 5) is 0.150. The number of nitrogens with one attached hydrogen (secondary N) is 1. The first-order valence-corrected chi connectivity index (χ1v) is 8.83. The predicted molar refractivity (Wildman–Crippen MR) is 89.3 cm³/mol. The summed E-state index contributed by atoms with van der Waals surface area (Å²) in [6.45, 7) is 2.15. The summed E-state index contributed by atoms with van der Waals surface area (Å²) in [7, 11) is -2.16. The smallest absolute Gasteiger partial charge is 0.244 e. The van der Waals surface area contributed by atoms with E-state index in [1.807, 2.05) is 13.0 Å². The van der Waals surface area contributed by atoms with E-state index in [0.717, 1.165) is 11.1 Å². The molecular formula is C17H21NO4S. The fourth-order valence-corrected chi connectivity index (χ4v) is 3.61. The summed E-state index contributed by atoms with van der Waals surface area (Å²) in [6.07, 6.45) is 1.32. The van der Waals surface area contributed by atoms with E-state index in [4.69, 9.17) is 4.74 Å². The number of phenols is 1. The third-order valence-corrected chi connectivity index (χ3v) is 4.94. The normalized spacial score (nSPS) is 11.4. The molecule has 124 valence electrons. The molecule has 0 aliphatic rings. The van der Waals surface area contributed by atoms with Crippen LogP contribution in [0.4, 0.5) is 0 Å². The molecule has 0 amide bonds. The van der Waals surface area contributed by atoms with Gasteiger partial charge in [-0.2, -0.15) is 0 Å². The van der Waals surface area contributed by atoms with Crippen LogP contribution in [0.3, 0.4) is 0 Å². The zero-order valence-electron chi connectivity index (χ0n) is 13.2. The van der Waals surface area contributed by atoms with Crippen LogP contribution in [0.1, 0.15) is 17.5 Å². The van der Waals surface area contributed by atoms with Crippen molar-refractivity contribution in [2.75, 3.05) is 13.7 Å². The number of hydrogen-bond acceptors (Lipinski definition) is 4. The van der Waals surface area contributed by atoms with E-state index in [1.54, 1.807) is 36.4 Å². The minimum Gasteiger partial charge on any atom is -0.508 e. The van der Waals surface area contributed by atoms with E-state index in [9.17, 15) is 13.5 Å². The van der Waals surface area contributed by atoms with Crippen LogP contribution in [0, 0.1) is 6.92 Å². The minimum absolute atomic E-state index is 0.150. The Labute approximate surface area is 137 Å². The molecule has 0 unspecified atom stereocenters. The Hall–Kier alpha value is -2.05. The zero-order valence-corrected chi connectivity index (χ0v) is 14.1. The second-order valence-electron chi connectivity index (χ2n) is 5.33. The highest BCUT2D eigenvalue weighted by atomic mass is 32.2. The van der Waals surface area contributed by atoms with Gasteiger partial charge in [0, 0.05) is 6.54 Å². The molecule has 5 nitrogen and oxygen atoms in total. The Balaban J connectivity index is 1.98. The fraction of sp³-hybridized carbons (Fsp3) is 0.294. The SMILES string of the molecule is COc1ccc(C)cc1S(=O)(=O)NCCCc1cccc(O)c1. The van der Waals surface area contributed by atoms with Crippen LogP contribution in [0.15, 0.2) is 47.4 Å². The Morgan fingerprint density at radius 2 is 1.96 bits per heavy atom. The van der Waals surface area contributed by atoms with Crippen LogP contribution in [0.2, 0.25) is 0 Å². The minimum atomic E-state index is -3.61. The van der Waals surface area contributed by atoms with Crippen molar-refractivity contribution in [3.63, 3.8) is 0 Å². The van der Waals surface area contributed by atoms with Gasteiger partial charge in [-0.25, -0.2) is 13.1 Å². The van der Waals surface area contributed by atoms with Crippen LogP contribution >= 0.6 is 0 Å². The van der Waals surface area contributed by atoms with Crippen molar-refractivity contribution < 1.29 is 18.3 Å². The van der Waals surface area contributed by atoms with E-state index >= 15 is 0 Å². The molecule has 2 rings (SSSR count).